The van der Waals surface area contributed by atoms with E-state index < -0.39 is 18.0 Å². The molecule has 0 aromatic heterocycles. The van der Waals surface area contributed by atoms with Gasteiger partial charge in [0.2, 0.25) is 0 Å². The van der Waals surface area contributed by atoms with Crippen LogP contribution in [0.2, 0.25) is 0 Å². The zero-order chi connectivity index (χ0) is 8.85. The molecule has 0 amide bonds. The second kappa shape index (κ2) is 6.87. The second-order valence-corrected chi connectivity index (χ2v) is 2.06. The minimum absolute atomic E-state index is 0. The molecule has 0 spiro atoms. The Balaban J connectivity index is 0. The molecule has 12 heavy (non-hydrogen) atoms. The van der Waals surface area contributed by atoms with E-state index in [1.807, 2.05) is 0 Å². The van der Waals surface area contributed by atoms with Crippen LogP contribution in [0.1, 0.15) is 12.8 Å². The van der Waals surface area contributed by atoms with Crippen molar-refractivity contribution in [2.45, 2.75) is 18.9 Å². The summed E-state index contributed by atoms with van der Waals surface area (Å²) in [5, 5.41) is 8.29. The maximum absolute atomic E-state index is 10.5. The molecule has 0 radical (unpaired) electrons. The first-order valence-electron chi connectivity index (χ1n) is 3.13. The normalized spacial score (nSPS) is 11.2. The number of aliphatic carboxylic acids is 1. The Kier molecular flexibility index (Phi) is 7.88. The Morgan fingerprint density at radius 3 is 2.42 bits per heavy atom. The number of nitrogens with two attached hydrogens (primary N) is 1. The monoisotopic (exact) mass is 198 g/mol. The molecule has 0 rings (SSSR count). The van der Waals surface area contributed by atoms with Crippen molar-refractivity contribution >= 4 is 24.3 Å². The van der Waals surface area contributed by atoms with E-state index >= 15 is 0 Å². The van der Waals surface area contributed by atoms with Gasteiger partial charge in [-0.3, -0.25) is 9.59 Å². The van der Waals surface area contributed by atoms with Gasteiger partial charge in [-0.15, -0.1) is 12.4 Å². The molecule has 0 aromatic carbocycles. The van der Waals surface area contributed by atoms with Gasteiger partial charge in [-0.05, 0) is 6.42 Å². The number of carbonyl (C=O) groups excluding carboxylic acids is 1. The molecule has 0 unspecified atom stereocenters. The van der Waals surface area contributed by atoms with Crippen LogP contribution >= 0.6 is 12.4 Å². The lowest BCUT2D eigenvalue weighted by atomic mass is 10.3. The van der Waals surface area contributed by atoms with E-state index in [-0.39, 0.29) is 25.2 Å². The summed E-state index contributed by atoms with van der Waals surface area (Å²) in [5.41, 5.74) is 5.11. The Morgan fingerprint density at radius 1 is 1.58 bits per heavy atom. The van der Waals surface area contributed by atoms with Crippen molar-refractivity contribution in [2.75, 3.05) is 7.11 Å². The summed E-state index contributed by atoms with van der Waals surface area (Å²) in [6, 6.07) is -0.978. The van der Waals surface area contributed by atoms with Gasteiger partial charge in [0.25, 0.3) is 0 Å². The highest BCUT2D eigenvalue weighted by molar-refractivity contribution is 5.85. The molecule has 0 heterocycles. The summed E-state index contributed by atoms with van der Waals surface area (Å²) in [4.78, 5) is 20.6. The van der Waals surface area contributed by atoms with Crippen molar-refractivity contribution in [2.24, 2.45) is 5.73 Å². The summed E-state index contributed by atoms with van der Waals surface area (Å²) >= 11 is 0. The number of methoxy groups -OCH3 is 1. The first kappa shape index (κ1) is 13.8. The molecule has 1 atom stereocenters. The van der Waals surface area contributed by atoms with Crippen molar-refractivity contribution in [1.29, 1.82) is 0 Å². The van der Waals surface area contributed by atoms with Gasteiger partial charge in [-0.25, -0.2) is 0 Å². The average molecular weight is 199 g/mol. The molecule has 72 valence electrons. The second-order valence-electron chi connectivity index (χ2n) is 2.06. The fraction of sp³-hybridized carbons (Fsp3) is 0.667. The zero-order valence-electron chi connectivity index (χ0n) is 6.65. The van der Waals surface area contributed by atoms with Crippen LogP contribution in [0.15, 0.2) is 0 Å². The van der Waals surface area contributed by atoms with Crippen molar-refractivity contribution in [3.05, 3.63) is 0 Å². The minimum Gasteiger partial charge on any atom is -0.480 e. The number of hydrogen-bond donors (Lipinski definition) is 2. The van der Waals surface area contributed by atoms with Gasteiger partial charge in [0.05, 0.1) is 7.11 Å². The third-order valence-corrected chi connectivity index (χ3v) is 1.20. The van der Waals surface area contributed by atoms with Crippen LogP contribution < -0.4 is 5.73 Å². The maximum atomic E-state index is 10.5. The third-order valence-electron chi connectivity index (χ3n) is 1.20. The van der Waals surface area contributed by atoms with Gasteiger partial charge < -0.3 is 15.6 Å². The van der Waals surface area contributed by atoms with E-state index in [0.29, 0.717) is 0 Å². The topological polar surface area (TPSA) is 89.6 Å². The average Bonchev–Trinajstić information content (AvgIpc) is 1.99. The van der Waals surface area contributed by atoms with E-state index in [1.54, 1.807) is 0 Å². The molecule has 5 nitrogen and oxygen atoms in total. The Labute approximate surface area is 76.3 Å². The number of hydrogen-bond acceptors (Lipinski definition) is 4. The summed E-state index contributed by atoms with van der Waals surface area (Å²) in [7, 11) is 1.24. The predicted molar refractivity (Wildman–Crippen MR) is 44.1 cm³/mol. The van der Waals surface area contributed by atoms with Crippen molar-refractivity contribution < 1.29 is 19.4 Å². The molecule has 0 saturated heterocycles. The summed E-state index contributed by atoms with van der Waals surface area (Å²) in [6.45, 7) is 0. The van der Waals surface area contributed by atoms with Crippen molar-refractivity contribution in [1.82, 2.24) is 0 Å². The van der Waals surface area contributed by atoms with Crippen LogP contribution in [0, 0.1) is 0 Å². The van der Waals surface area contributed by atoms with E-state index in [2.05, 4.69) is 4.74 Å². The fourth-order valence-corrected chi connectivity index (χ4v) is 0.499. The Morgan fingerprint density at radius 2 is 2.08 bits per heavy atom. The number of halogens is 1. The van der Waals surface area contributed by atoms with Crippen molar-refractivity contribution in [3.8, 4) is 0 Å². The highest BCUT2D eigenvalue weighted by atomic mass is 35.5. The molecular weight excluding hydrogens is 187 g/mol. The summed E-state index contributed by atoms with van der Waals surface area (Å²) < 4.78 is 4.29. The predicted octanol–water partition coefficient (Wildman–Crippen LogP) is -0.227. The van der Waals surface area contributed by atoms with E-state index in [9.17, 15) is 9.59 Å². The number of carbonyl (C=O) groups is 2. The number of carboxylic acid groups (broad SMARTS) is 1. The number of carboxylic acids is 1. The lowest BCUT2D eigenvalue weighted by molar-refractivity contribution is -0.141. The standard InChI is InChI=1S/C6H11NO4.ClH/c1-11-5(8)3-2-4(7)6(9)10;/h4H,2-3,7H2,1H3,(H,9,10);1H/t4-;/m0./s1/i3+1;. The van der Waals surface area contributed by atoms with E-state index in [4.69, 9.17) is 10.8 Å². The minimum atomic E-state index is -1.10. The van der Waals surface area contributed by atoms with Gasteiger partial charge in [0.15, 0.2) is 0 Å². The van der Waals surface area contributed by atoms with Crippen LogP contribution in [0.5, 0.6) is 0 Å². The molecular formula is C6H12ClNO4. The largest absolute Gasteiger partial charge is 0.480 e. The van der Waals surface area contributed by atoms with E-state index in [0.717, 1.165) is 0 Å². The van der Waals surface area contributed by atoms with Crippen LogP contribution in [0.4, 0.5) is 0 Å². The fourth-order valence-electron chi connectivity index (χ4n) is 0.499. The lowest BCUT2D eigenvalue weighted by Crippen LogP contribution is -2.30. The highest BCUT2D eigenvalue weighted by Gasteiger charge is 2.12. The summed E-state index contributed by atoms with van der Waals surface area (Å²) in [5.74, 6) is -1.55. The third kappa shape index (κ3) is 5.94. The quantitative estimate of drug-likeness (QED) is 0.481. The molecule has 0 aliphatic heterocycles. The molecule has 0 aliphatic carbocycles. The molecule has 0 aromatic rings. The number of ether oxygens (including phenoxy) is 1. The molecule has 3 N–H and O–H groups in total. The molecule has 0 saturated carbocycles. The molecule has 6 heteroatoms. The molecule has 0 fully saturated rings. The van der Waals surface area contributed by atoms with E-state index in [1.165, 1.54) is 7.11 Å². The smallest absolute Gasteiger partial charge is 0.320 e. The van der Waals surface area contributed by atoms with Gasteiger partial charge in [-0.2, -0.15) is 0 Å². The Hall–Kier alpha value is -0.810. The lowest BCUT2D eigenvalue weighted by Gasteiger charge is -2.03. The highest BCUT2D eigenvalue weighted by Crippen LogP contribution is 1.95. The Bertz CT molecular complexity index is 162. The van der Waals surface area contributed by atoms with Crippen LogP contribution in [-0.2, 0) is 14.3 Å². The van der Waals surface area contributed by atoms with Crippen LogP contribution in [0.3, 0.4) is 0 Å². The first-order chi connectivity index (χ1) is 5.07. The van der Waals surface area contributed by atoms with Gasteiger partial charge in [0, 0.05) is 6.42 Å². The zero-order valence-corrected chi connectivity index (χ0v) is 7.47. The van der Waals surface area contributed by atoms with Gasteiger partial charge in [0.1, 0.15) is 6.04 Å². The number of esters is 1. The first-order valence-corrected chi connectivity index (χ1v) is 3.13. The van der Waals surface area contributed by atoms with Gasteiger partial charge >= 0.3 is 11.9 Å². The van der Waals surface area contributed by atoms with Crippen LogP contribution in [-0.4, -0.2) is 30.2 Å². The summed E-state index contributed by atoms with van der Waals surface area (Å²) in [6.07, 6.45) is 0.159. The van der Waals surface area contributed by atoms with Crippen molar-refractivity contribution in [3.63, 3.8) is 0 Å². The molecule has 0 aliphatic rings. The number of rotatable bonds is 4. The SMILES string of the molecule is COC(=O)[13CH2]C[C@H](N)C(=O)O.Cl. The molecule has 0 bridgehead atoms. The van der Waals surface area contributed by atoms with Gasteiger partial charge in [-0.1, -0.05) is 0 Å². The maximum Gasteiger partial charge on any atom is 0.320 e. The van der Waals surface area contributed by atoms with Crippen LogP contribution in [0.25, 0.3) is 0 Å².